The minimum absolute atomic E-state index is 0.0520. The molecule has 2 aromatic rings. The average molecular weight is 341 g/mol. The van der Waals surface area contributed by atoms with E-state index in [0.717, 1.165) is 12.0 Å². The Morgan fingerprint density at radius 2 is 1.60 bits per heavy atom. The molecule has 134 valence electrons. The van der Waals surface area contributed by atoms with Crippen molar-refractivity contribution in [2.45, 2.75) is 33.1 Å². The van der Waals surface area contributed by atoms with E-state index in [4.69, 9.17) is 9.47 Å². The fourth-order valence-electron chi connectivity index (χ4n) is 2.73. The minimum Gasteiger partial charge on any atom is -0.493 e. The highest BCUT2D eigenvalue weighted by Crippen LogP contribution is 2.30. The molecular weight excluding hydrogens is 314 g/mol. The molecule has 2 aromatic carbocycles. The Hall–Kier alpha value is -2.49. The fourth-order valence-corrected chi connectivity index (χ4v) is 2.73. The lowest BCUT2D eigenvalue weighted by Gasteiger charge is -2.15. The van der Waals surface area contributed by atoms with Crippen LogP contribution in [0.4, 0.5) is 5.69 Å². The van der Waals surface area contributed by atoms with Gasteiger partial charge in [0.1, 0.15) is 0 Å². The van der Waals surface area contributed by atoms with Crippen LogP contribution in [0.15, 0.2) is 42.5 Å². The van der Waals surface area contributed by atoms with Crippen LogP contribution in [-0.2, 0) is 11.2 Å². The first-order valence-electron chi connectivity index (χ1n) is 8.56. The highest BCUT2D eigenvalue weighted by atomic mass is 16.5. The van der Waals surface area contributed by atoms with Crippen LogP contribution in [0.1, 0.15) is 37.8 Å². The van der Waals surface area contributed by atoms with Crippen LogP contribution in [0.3, 0.4) is 0 Å². The predicted octanol–water partition coefficient (Wildman–Crippen LogP) is 4.64. The quantitative estimate of drug-likeness (QED) is 0.798. The Labute approximate surface area is 150 Å². The van der Waals surface area contributed by atoms with E-state index in [1.807, 2.05) is 19.1 Å². The number of amides is 1. The minimum atomic E-state index is -0.235. The van der Waals surface area contributed by atoms with Crippen molar-refractivity contribution < 1.29 is 14.3 Å². The Morgan fingerprint density at radius 1 is 0.960 bits per heavy atom. The monoisotopic (exact) mass is 341 g/mol. The molecule has 25 heavy (non-hydrogen) atoms. The Bertz CT molecular complexity index is 708. The molecule has 1 amide bonds. The van der Waals surface area contributed by atoms with E-state index < -0.39 is 0 Å². The first-order valence-corrected chi connectivity index (χ1v) is 8.56. The summed E-state index contributed by atoms with van der Waals surface area (Å²) in [6.07, 6.45) is 1.05. The zero-order valence-corrected chi connectivity index (χ0v) is 15.6. The molecule has 0 saturated carbocycles. The third-order valence-electron chi connectivity index (χ3n) is 4.17. The number of methoxy groups -OCH3 is 2. The van der Waals surface area contributed by atoms with Gasteiger partial charge in [0.15, 0.2) is 11.5 Å². The summed E-state index contributed by atoms with van der Waals surface area (Å²) in [6, 6.07) is 13.6. The van der Waals surface area contributed by atoms with E-state index in [1.165, 1.54) is 5.56 Å². The Kier molecular flexibility index (Phi) is 6.45. The molecule has 0 bridgehead atoms. The normalized spacial score (nSPS) is 11.9. The number of hydrogen-bond acceptors (Lipinski definition) is 3. The molecular formula is C21H27NO3. The predicted molar refractivity (Wildman–Crippen MR) is 102 cm³/mol. The van der Waals surface area contributed by atoms with Crippen LogP contribution >= 0.6 is 0 Å². The summed E-state index contributed by atoms with van der Waals surface area (Å²) in [7, 11) is 3.16. The zero-order valence-electron chi connectivity index (χ0n) is 15.6. The Morgan fingerprint density at radius 3 is 2.16 bits per heavy atom. The van der Waals surface area contributed by atoms with Gasteiger partial charge in [0.2, 0.25) is 5.91 Å². The average Bonchev–Trinajstić information content (AvgIpc) is 2.61. The third kappa shape index (κ3) is 4.99. The van der Waals surface area contributed by atoms with Gasteiger partial charge in [-0.25, -0.2) is 0 Å². The van der Waals surface area contributed by atoms with Gasteiger partial charge in [-0.1, -0.05) is 38.1 Å². The van der Waals surface area contributed by atoms with Gasteiger partial charge < -0.3 is 14.8 Å². The summed E-state index contributed by atoms with van der Waals surface area (Å²) in [5, 5.41) is 2.94. The number of anilines is 1. The highest BCUT2D eigenvalue weighted by molar-refractivity contribution is 5.95. The second kappa shape index (κ2) is 8.56. The Balaban J connectivity index is 2.07. The van der Waals surface area contributed by atoms with Gasteiger partial charge in [-0.3, -0.25) is 4.79 Å². The van der Waals surface area contributed by atoms with Gasteiger partial charge >= 0.3 is 0 Å². The molecule has 0 saturated heterocycles. The van der Waals surface area contributed by atoms with Crippen LogP contribution in [0.5, 0.6) is 11.5 Å². The van der Waals surface area contributed by atoms with Gasteiger partial charge in [0.25, 0.3) is 0 Å². The molecule has 4 nitrogen and oxygen atoms in total. The van der Waals surface area contributed by atoms with Crippen molar-refractivity contribution in [2.75, 3.05) is 19.5 Å². The van der Waals surface area contributed by atoms with E-state index in [0.29, 0.717) is 23.1 Å². The molecule has 0 radical (unpaired) electrons. The molecule has 0 aliphatic carbocycles. The van der Waals surface area contributed by atoms with Crippen molar-refractivity contribution in [2.24, 2.45) is 5.92 Å². The summed E-state index contributed by atoms with van der Waals surface area (Å²) in [6.45, 7) is 6.31. The zero-order chi connectivity index (χ0) is 18.4. The lowest BCUT2D eigenvalue weighted by atomic mass is 9.96. The van der Waals surface area contributed by atoms with Gasteiger partial charge in [-0.2, -0.15) is 0 Å². The second-order valence-corrected chi connectivity index (χ2v) is 6.62. The second-order valence-electron chi connectivity index (χ2n) is 6.62. The lowest BCUT2D eigenvalue weighted by Crippen LogP contribution is -2.19. The number of ether oxygens (including phenoxy) is 2. The van der Waals surface area contributed by atoms with E-state index in [9.17, 15) is 4.79 Å². The largest absolute Gasteiger partial charge is 0.493 e. The maximum atomic E-state index is 12.5. The van der Waals surface area contributed by atoms with Gasteiger partial charge in [0.05, 0.1) is 20.1 Å². The summed E-state index contributed by atoms with van der Waals surface area (Å²) in [4.78, 5) is 12.5. The SMILES string of the molecule is COc1ccc(NC(=O)C(C)c2ccc(CC(C)C)cc2)cc1OC. The van der Waals surface area contributed by atoms with E-state index in [-0.39, 0.29) is 11.8 Å². The van der Waals surface area contributed by atoms with Crippen molar-refractivity contribution in [3.63, 3.8) is 0 Å². The molecule has 0 aliphatic heterocycles. The van der Waals surface area contributed by atoms with E-state index >= 15 is 0 Å². The number of nitrogens with one attached hydrogen (secondary N) is 1. The van der Waals surface area contributed by atoms with Crippen LogP contribution in [0.2, 0.25) is 0 Å². The van der Waals surface area contributed by atoms with E-state index in [2.05, 4.69) is 31.3 Å². The number of carbonyl (C=O) groups is 1. The molecule has 1 unspecified atom stereocenters. The summed E-state index contributed by atoms with van der Waals surface area (Å²) >= 11 is 0. The van der Waals surface area contributed by atoms with Crippen molar-refractivity contribution in [3.8, 4) is 11.5 Å². The first kappa shape index (κ1) is 18.8. The fraction of sp³-hybridized carbons (Fsp3) is 0.381. The maximum absolute atomic E-state index is 12.5. The standard InChI is InChI=1S/C21H27NO3/c1-14(2)12-16-6-8-17(9-7-16)15(3)21(23)22-18-10-11-19(24-4)20(13-18)25-5/h6-11,13-15H,12H2,1-5H3,(H,22,23). The van der Waals surface area contributed by atoms with Crippen molar-refractivity contribution in [3.05, 3.63) is 53.6 Å². The number of benzene rings is 2. The van der Waals surface area contributed by atoms with Crippen LogP contribution in [0.25, 0.3) is 0 Å². The van der Waals surface area contributed by atoms with Crippen LogP contribution in [0, 0.1) is 5.92 Å². The van der Waals surface area contributed by atoms with Crippen LogP contribution in [-0.4, -0.2) is 20.1 Å². The van der Waals surface area contributed by atoms with Crippen molar-refractivity contribution in [1.82, 2.24) is 0 Å². The maximum Gasteiger partial charge on any atom is 0.231 e. The van der Waals surface area contributed by atoms with Gasteiger partial charge in [-0.15, -0.1) is 0 Å². The molecule has 0 heterocycles. The van der Waals surface area contributed by atoms with Gasteiger partial charge in [0, 0.05) is 11.8 Å². The first-order chi connectivity index (χ1) is 11.9. The van der Waals surface area contributed by atoms with Crippen molar-refractivity contribution in [1.29, 1.82) is 0 Å². The molecule has 0 aromatic heterocycles. The molecule has 1 atom stereocenters. The molecule has 0 spiro atoms. The summed E-state index contributed by atoms with van der Waals surface area (Å²) in [5.74, 6) is 1.56. The smallest absolute Gasteiger partial charge is 0.231 e. The summed E-state index contributed by atoms with van der Waals surface area (Å²) in [5.41, 5.74) is 2.99. The molecule has 2 rings (SSSR count). The highest BCUT2D eigenvalue weighted by Gasteiger charge is 2.16. The molecule has 1 N–H and O–H groups in total. The topological polar surface area (TPSA) is 47.6 Å². The number of rotatable bonds is 7. The lowest BCUT2D eigenvalue weighted by molar-refractivity contribution is -0.117. The number of hydrogen-bond donors (Lipinski definition) is 1. The third-order valence-corrected chi connectivity index (χ3v) is 4.17. The summed E-state index contributed by atoms with van der Waals surface area (Å²) < 4.78 is 10.5. The van der Waals surface area contributed by atoms with Gasteiger partial charge in [-0.05, 0) is 42.5 Å². The molecule has 0 aliphatic rings. The van der Waals surface area contributed by atoms with Crippen LogP contribution < -0.4 is 14.8 Å². The van der Waals surface area contributed by atoms with Crippen molar-refractivity contribution >= 4 is 11.6 Å². The van der Waals surface area contributed by atoms with E-state index in [1.54, 1.807) is 32.4 Å². The molecule has 4 heteroatoms. The molecule has 0 fully saturated rings. The number of carbonyl (C=O) groups excluding carboxylic acids is 1.